The normalized spacial score (nSPS) is 17.6. The molecular formula is C29H32N4O6S. The van der Waals surface area contributed by atoms with Crippen LogP contribution in [0.1, 0.15) is 48.4 Å². The molecule has 0 radical (unpaired) electrons. The number of carbonyl (C=O) groups is 1. The Bertz CT molecular complexity index is 1680. The van der Waals surface area contributed by atoms with E-state index in [4.69, 9.17) is 9.47 Å². The van der Waals surface area contributed by atoms with Gasteiger partial charge in [0.2, 0.25) is 10.0 Å². The predicted molar refractivity (Wildman–Crippen MR) is 149 cm³/mol. The molecule has 0 fully saturated rings. The molecule has 0 aliphatic carbocycles. The van der Waals surface area contributed by atoms with Gasteiger partial charge in [-0.3, -0.25) is 4.79 Å². The van der Waals surface area contributed by atoms with Crippen molar-refractivity contribution in [3.63, 3.8) is 0 Å². The number of aryl methyl sites for hydroxylation is 2. The molecule has 210 valence electrons. The molecule has 2 atom stereocenters. The summed E-state index contributed by atoms with van der Waals surface area (Å²) < 4.78 is 41.4. The summed E-state index contributed by atoms with van der Waals surface area (Å²) in [5.74, 6) is -0.508. The fourth-order valence-electron chi connectivity index (χ4n) is 5.17. The van der Waals surface area contributed by atoms with Crippen molar-refractivity contribution in [2.24, 2.45) is 7.05 Å². The van der Waals surface area contributed by atoms with Gasteiger partial charge in [-0.1, -0.05) is 35.5 Å². The van der Waals surface area contributed by atoms with Gasteiger partial charge < -0.3 is 14.6 Å². The number of carbonyl (C=O) groups excluding carboxylic acids is 1. The zero-order chi connectivity index (χ0) is 28.6. The predicted octanol–water partition coefficient (Wildman–Crippen LogP) is 4.04. The van der Waals surface area contributed by atoms with Gasteiger partial charge in [0.15, 0.2) is 0 Å². The van der Waals surface area contributed by atoms with Crippen molar-refractivity contribution in [3.05, 3.63) is 76.9 Å². The number of fused-ring (bicyclic) bond motifs is 2. The van der Waals surface area contributed by atoms with E-state index < -0.39 is 15.9 Å². The zero-order valence-corrected chi connectivity index (χ0v) is 23.7. The van der Waals surface area contributed by atoms with Crippen molar-refractivity contribution in [2.75, 3.05) is 13.2 Å². The third kappa shape index (κ3) is 5.26. The SMILES string of the molecule is CCOC(=O)CC(c1ccc(C)c(CN2C[C@@H](C)Oc3ccccc3S2(=O)=O)c1)c1cc(O)c2c(c1)nnn2C. The summed E-state index contributed by atoms with van der Waals surface area (Å²) in [5.41, 5.74) is 4.16. The lowest BCUT2D eigenvalue weighted by atomic mass is 9.86. The minimum atomic E-state index is -3.82. The summed E-state index contributed by atoms with van der Waals surface area (Å²) >= 11 is 0. The topological polar surface area (TPSA) is 124 Å². The van der Waals surface area contributed by atoms with E-state index in [1.54, 1.807) is 50.4 Å². The van der Waals surface area contributed by atoms with E-state index in [1.807, 2.05) is 32.0 Å². The Balaban J connectivity index is 1.55. The van der Waals surface area contributed by atoms with Gasteiger partial charge in [0.1, 0.15) is 33.5 Å². The molecule has 1 aromatic heterocycles. The highest BCUT2D eigenvalue weighted by atomic mass is 32.2. The fraction of sp³-hybridized carbons (Fsp3) is 0.345. The zero-order valence-electron chi connectivity index (χ0n) is 22.9. The number of phenols is 1. The van der Waals surface area contributed by atoms with Crippen LogP contribution in [0.2, 0.25) is 0 Å². The second-order valence-electron chi connectivity index (χ2n) is 10.0. The number of aromatic nitrogens is 3. The van der Waals surface area contributed by atoms with Gasteiger partial charge in [0.05, 0.1) is 19.6 Å². The van der Waals surface area contributed by atoms with Crippen LogP contribution in [0.25, 0.3) is 11.0 Å². The highest BCUT2D eigenvalue weighted by molar-refractivity contribution is 7.89. The second kappa shape index (κ2) is 10.9. The largest absolute Gasteiger partial charge is 0.506 e. The first-order valence-corrected chi connectivity index (χ1v) is 14.6. The van der Waals surface area contributed by atoms with Gasteiger partial charge in [-0.15, -0.1) is 5.10 Å². The molecule has 0 bridgehead atoms. The molecule has 1 N–H and O–H groups in total. The maximum Gasteiger partial charge on any atom is 0.306 e. The van der Waals surface area contributed by atoms with Crippen molar-refractivity contribution < 1.29 is 27.8 Å². The summed E-state index contributed by atoms with van der Waals surface area (Å²) in [6, 6.07) is 15.8. The molecule has 0 amide bonds. The molecule has 1 aliphatic rings. The van der Waals surface area contributed by atoms with Gasteiger partial charge in [-0.05, 0) is 67.3 Å². The average molecular weight is 565 g/mol. The summed E-state index contributed by atoms with van der Waals surface area (Å²) in [6.45, 7) is 6.08. The van der Waals surface area contributed by atoms with Crippen LogP contribution in [0.5, 0.6) is 11.5 Å². The molecular weight excluding hydrogens is 532 g/mol. The molecule has 11 heteroatoms. The third-order valence-electron chi connectivity index (χ3n) is 7.16. The number of benzene rings is 3. The Morgan fingerprint density at radius 2 is 1.95 bits per heavy atom. The highest BCUT2D eigenvalue weighted by Gasteiger charge is 2.33. The number of rotatable bonds is 7. The molecule has 40 heavy (non-hydrogen) atoms. The van der Waals surface area contributed by atoms with Crippen LogP contribution in [0.3, 0.4) is 0 Å². The summed E-state index contributed by atoms with van der Waals surface area (Å²) in [6.07, 6.45) is -0.317. The van der Waals surface area contributed by atoms with E-state index >= 15 is 0 Å². The monoisotopic (exact) mass is 564 g/mol. The van der Waals surface area contributed by atoms with Crippen LogP contribution in [-0.4, -0.2) is 58.0 Å². The minimum absolute atomic E-state index is 0.00417. The number of hydrogen-bond donors (Lipinski definition) is 1. The standard InChI is InChI=1S/C29H32N4O6S/c1-5-38-28(35)15-23(21-13-24-29(25(34)14-21)32(4)31-30-24)20-11-10-18(2)22(12-20)17-33-16-19(3)39-26-8-6-7-9-27(26)40(33,36)37/h6-14,19,23,34H,5,15-17H2,1-4H3/t19-,23?/m1/s1. The Morgan fingerprint density at radius 1 is 1.18 bits per heavy atom. The maximum absolute atomic E-state index is 13.6. The van der Waals surface area contributed by atoms with Crippen molar-refractivity contribution in [1.82, 2.24) is 19.3 Å². The molecule has 1 aliphatic heterocycles. The smallest absolute Gasteiger partial charge is 0.306 e. The number of para-hydroxylation sites is 1. The molecule has 1 unspecified atom stereocenters. The van der Waals surface area contributed by atoms with Crippen LogP contribution in [0.4, 0.5) is 0 Å². The Hall–Kier alpha value is -3.96. The van der Waals surface area contributed by atoms with Gasteiger partial charge in [-0.25, -0.2) is 13.1 Å². The van der Waals surface area contributed by atoms with E-state index in [0.717, 1.165) is 16.7 Å². The highest BCUT2D eigenvalue weighted by Crippen LogP contribution is 2.36. The maximum atomic E-state index is 13.6. The van der Waals surface area contributed by atoms with Crippen LogP contribution in [0, 0.1) is 6.92 Å². The van der Waals surface area contributed by atoms with Crippen molar-refractivity contribution in [3.8, 4) is 11.5 Å². The number of aromatic hydroxyl groups is 1. The molecule has 10 nitrogen and oxygen atoms in total. The molecule has 4 aromatic rings. The molecule has 2 heterocycles. The summed E-state index contributed by atoms with van der Waals surface area (Å²) in [4.78, 5) is 12.8. The first-order chi connectivity index (χ1) is 19.1. The molecule has 0 spiro atoms. The van der Waals surface area contributed by atoms with Crippen LogP contribution < -0.4 is 4.74 Å². The molecule has 0 saturated heterocycles. The van der Waals surface area contributed by atoms with Crippen molar-refractivity contribution in [1.29, 1.82) is 0 Å². The lowest BCUT2D eigenvalue weighted by Crippen LogP contribution is -2.35. The third-order valence-corrected chi connectivity index (χ3v) is 9.01. The Kier molecular flexibility index (Phi) is 7.52. The van der Waals surface area contributed by atoms with Crippen molar-refractivity contribution >= 4 is 27.0 Å². The lowest BCUT2D eigenvalue weighted by Gasteiger charge is -2.24. The van der Waals surface area contributed by atoms with E-state index in [0.29, 0.717) is 22.3 Å². The van der Waals surface area contributed by atoms with E-state index in [-0.39, 0.29) is 48.8 Å². The molecule has 0 saturated carbocycles. The van der Waals surface area contributed by atoms with Gasteiger partial charge in [-0.2, -0.15) is 4.31 Å². The number of hydrogen-bond acceptors (Lipinski definition) is 8. The van der Waals surface area contributed by atoms with Crippen LogP contribution in [0.15, 0.2) is 59.5 Å². The quantitative estimate of drug-likeness (QED) is 0.334. The summed E-state index contributed by atoms with van der Waals surface area (Å²) in [7, 11) is -2.13. The minimum Gasteiger partial charge on any atom is -0.506 e. The van der Waals surface area contributed by atoms with Gasteiger partial charge >= 0.3 is 5.97 Å². The van der Waals surface area contributed by atoms with E-state index in [2.05, 4.69) is 10.3 Å². The number of esters is 1. The first kappa shape index (κ1) is 27.6. The molecule has 5 rings (SSSR count). The average Bonchev–Trinajstić information content (AvgIpc) is 3.25. The lowest BCUT2D eigenvalue weighted by molar-refractivity contribution is -0.143. The Morgan fingerprint density at radius 3 is 2.73 bits per heavy atom. The molecule has 3 aromatic carbocycles. The van der Waals surface area contributed by atoms with Crippen LogP contribution >= 0.6 is 0 Å². The summed E-state index contributed by atoms with van der Waals surface area (Å²) in [5, 5.41) is 18.9. The van der Waals surface area contributed by atoms with E-state index in [1.165, 1.54) is 8.99 Å². The van der Waals surface area contributed by atoms with Gasteiger partial charge in [0.25, 0.3) is 0 Å². The number of ether oxygens (including phenoxy) is 2. The fourth-order valence-corrected chi connectivity index (χ4v) is 6.78. The number of phenolic OH excluding ortho intramolecular Hbond substituents is 1. The second-order valence-corrected chi connectivity index (χ2v) is 11.9. The van der Waals surface area contributed by atoms with Crippen LogP contribution in [-0.2, 0) is 33.1 Å². The van der Waals surface area contributed by atoms with E-state index in [9.17, 15) is 18.3 Å². The number of sulfonamides is 1. The number of nitrogens with zero attached hydrogens (tertiary/aromatic N) is 4. The van der Waals surface area contributed by atoms with Gasteiger partial charge in [0, 0.05) is 19.5 Å². The first-order valence-electron chi connectivity index (χ1n) is 13.1. The van der Waals surface area contributed by atoms with Crippen molar-refractivity contribution in [2.45, 2.75) is 50.7 Å². The Labute approximate surface area is 233 Å².